The van der Waals surface area contributed by atoms with E-state index in [9.17, 15) is 19.5 Å². The van der Waals surface area contributed by atoms with Crippen LogP contribution in [0, 0.1) is 17.3 Å². The molecule has 2 fully saturated rings. The summed E-state index contributed by atoms with van der Waals surface area (Å²) in [4.78, 5) is 37.5. The van der Waals surface area contributed by atoms with Crippen LogP contribution in [0.3, 0.4) is 0 Å². The Morgan fingerprint density at radius 2 is 1.76 bits per heavy atom. The van der Waals surface area contributed by atoms with Crippen LogP contribution in [0.15, 0.2) is 0 Å². The van der Waals surface area contributed by atoms with Crippen LogP contribution >= 0.6 is 0 Å². The van der Waals surface area contributed by atoms with Gasteiger partial charge in [0.05, 0.1) is 11.3 Å². The second kappa shape index (κ2) is 6.16. The van der Waals surface area contributed by atoms with Gasteiger partial charge in [-0.15, -0.1) is 0 Å². The molecule has 0 aromatic heterocycles. The molecule has 1 saturated heterocycles. The summed E-state index contributed by atoms with van der Waals surface area (Å²) in [6.45, 7) is 3.64. The molecule has 1 spiro atoms. The third-order valence-electron chi connectivity index (χ3n) is 5.05. The Kier molecular flexibility index (Phi) is 4.69. The Balaban J connectivity index is 2.16. The minimum atomic E-state index is -0.938. The van der Waals surface area contributed by atoms with Crippen molar-refractivity contribution in [2.75, 3.05) is 6.54 Å². The lowest BCUT2D eigenvalue weighted by atomic mass is 9.79. The summed E-state index contributed by atoms with van der Waals surface area (Å²) in [7, 11) is 0. The number of carbonyl (C=O) groups is 3. The minimum Gasteiger partial charge on any atom is -0.481 e. The number of hydrogen-bond donors (Lipinski definition) is 1. The molecule has 0 aromatic carbocycles. The van der Waals surface area contributed by atoms with Gasteiger partial charge in [-0.2, -0.15) is 0 Å². The fourth-order valence-electron chi connectivity index (χ4n) is 3.61. The number of likely N-dealkylation sites (tertiary alicyclic amines) is 1. The molecule has 0 aromatic rings. The van der Waals surface area contributed by atoms with Gasteiger partial charge in [0.25, 0.3) is 0 Å². The van der Waals surface area contributed by atoms with E-state index in [4.69, 9.17) is 0 Å². The summed E-state index contributed by atoms with van der Waals surface area (Å²) < 4.78 is 0. The normalized spacial score (nSPS) is 23.7. The molecule has 1 heterocycles. The number of carboxylic acids is 1. The lowest BCUT2D eigenvalue weighted by Gasteiger charge is -2.27. The molecule has 1 aliphatic carbocycles. The Morgan fingerprint density at radius 3 is 2.24 bits per heavy atom. The number of carbonyl (C=O) groups excluding carboxylic acids is 2. The highest BCUT2D eigenvalue weighted by Crippen LogP contribution is 2.44. The van der Waals surface area contributed by atoms with E-state index < -0.39 is 17.3 Å². The zero-order chi connectivity index (χ0) is 15.6. The molecule has 5 nitrogen and oxygen atoms in total. The Bertz CT molecular complexity index is 436. The number of imide groups is 1. The van der Waals surface area contributed by atoms with Gasteiger partial charge in [0.2, 0.25) is 11.8 Å². The standard InChI is InChI=1S/C16H25NO4/c1-11(2)12(14(19)20)10-17-13(18)9-16(15(17)21)7-5-3-4-6-8-16/h11-12H,3-10H2,1-2H3,(H,19,20). The van der Waals surface area contributed by atoms with Crippen molar-refractivity contribution in [1.29, 1.82) is 0 Å². The number of aliphatic carboxylic acids is 1. The van der Waals surface area contributed by atoms with Gasteiger partial charge in [-0.1, -0.05) is 39.5 Å². The summed E-state index contributed by atoms with van der Waals surface area (Å²) in [5.74, 6) is -2.03. The Hall–Kier alpha value is -1.39. The van der Waals surface area contributed by atoms with Gasteiger partial charge in [0, 0.05) is 13.0 Å². The lowest BCUT2D eigenvalue weighted by molar-refractivity contribution is -0.148. The molecule has 1 saturated carbocycles. The van der Waals surface area contributed by atoms with E-state index in [0.717, 1.165) is 38.5 Å². The SMILES string of the molecule is CC(C)C(CN1C(=O)CC2(CCCCCC2)C1=O)C(=O)O. The van der Waals surface area contributed by atoms with E-state index in [1.54, 1.807) is 0 Å². The van der Waals surface area contributed by atoms with Crippen molar-refractivity contribution in [2.24, 2.45) is 17.3 Å². The van der Waals surface area contributed by atoms with Crippen LogP contribution in [-0.2, 0) is 14.4 Å². The molecule has 0 radical (unpaired) electrons. The van der Waals surface area contributed by atoms with Crippen LogP contribution in [0.5, 0.6) is 0 Å². The topological polar surface area (TPSA) is 74.7 Å². The van der Waals surface area contributed by atoms with Crippen molar-refractivity contribution >= 4 is 17.8 Å². The van der Waals surface area contributed by atoms with Gasteiger partial charge < -0.3 is 5.11 Å². The monoisotopic (exact) mass is 295 g/mol. The Labute approximate surface area is 125 Å². The average Bonchev–Trinajstić information content (AvgIpc) is 2.58. The fraction of sp³-hybridized carbons (Fsp3) is 0.812. The number of amides is 2. The molecule has 1 unspecified atom stereocenters. The molecule has 118 valence electrons. The van der Waals surface area contributed by atoms with Crippen LogP contribution in [0.25, 0.3) is 0 Å². The summed E-state index contributed by atoms with van der Waals surface area (Å²) in [6.07, 6.45) is 6.02. The van der Waals surface area contributed by atoms with Gasteiger partial charge >= 0.3 is 5.97 Å². The maximum atomic E-state index is 12.7. The number of carboxylic acid groups (broad SMARTS) is 1. The number of hydrogen-bond acceptors (Lipinski definition) is 3. The fourth-order valence-corrected chi connectivity index (χ4v) is 3.61. The van der Waals surface area contributed by atoms with Crippen molar-refractivity contribution in [3.05, 3.63) is 0 Å². The Morgan fingerprint density at radius 1 is 1.19 bits per heavy atom. The molecule has 1 aliphatic heterocycles. The second-order valence-corrected chi connectivity index (χ2v) is 6.87. The van der Waals surface area contributed by atoms with Crippen LogP contribution < -0.4 is 0 Å². The first kappa shape index (κ1) is 16.0. The highest BCUT2D eigenvalue weighted by molar-refractivity contribution is 6.06. The van der Waals surface area contributed by atoms with Crippen molar-refractivity contribution in [1.82, 2.24) is 4.90 Å². The quantitative estimate of drug-likeness (QED) is 0.808. The van der Waals surface area contributed by atoms with Crippen molar-refractivity contribution < 1.29 is 19.5 Å². The third kappa shape index (κ3) is 3.11. The first-order chi connectivity index (χ1) is 9.87. The summed E-state index contributed by atoms with van der Waals surface area (Å²) in [6, 6.07) is 0. The highest BCUT2D eigenvalue weighted by Gasteiger charge is 2.51. The third-order valence-corrected chi connectivity index (χ3v) is 5.05. The largest absolute Gasteiger partial charge is 0.481 e. The molecular weight excluding hydrogens is 270 g/mol. The number of rotatable bonds is 4. The first-order valence-corrected chi connectivity index (χ1v) is 7.95. The summed E-state index contributed by atoms with van der Waals surface area (Å²) >= 11 is 0. The molecule has 1 atom stereocenters. The van der Waals surface area contributed by atoms with Gasteiger partial charge in [-0.3, -0.25) is 19.3 Å². The van der Waals surface area contributed by atoms with Crippen LogP contribution in [0.1, 0.15) is 58.8 Å². The molecule has 2 rings (SSSR count). The molecule has 2 amide bonds. The molecule has 0 bridgehead atoms. The van der Waals surface area contributed by atoms with E-state index in [2.05, 4.69) is 0 Å². The van der Waals surface area contributed by atoms with E-state index >= 15 is 0 Å². The molecular formula is C16H25NO4. The minimum absolute atomic E-state index is 0.0203. The predicted octanol–water partition coefficient (Wildman–Crippen LogP) is 2.44. The van der Waals surface area contributed by atoms with E-state index in [0.29, 0.717) is 0 Å². The smallest absolute Gasteiger partial charge is 0.308 e. The number of nitrogens with zero attached hydrogens (tertiary/aromatic N) is 1. The van der Waals surface area contributed by atoms with E-state index in [1.165, 1.54) is 4.90 Å². The maximum absolute atomic E-state index is 12.7. The predicted molar refractivity (Wildman–Crippen MR) is 77.4 cm³/mol. The molecule has 1 N–H and O–H groups in total. The van der Waals surface area contributed by atoms with Crippen molar-refractivity contribution in [2.45, 2.75) is 58.8 Å². The highest BCUT2D eigenvalue weighted by atomic mass is 16.4. The van der Waals surface area contributed by atoms with Gasteiger partial charge in [-0.25, -0.2) is 0 Å². The zero-order valence-corrected chi connectivity index (χ0v) is 12.9. The van der Waals surface area contributed by atoms with E-state index in [-0.39, 0.29) is 30.7 Å². The molecule has 5 heteroatoms. The lowest BCUT2D eigenvalue weighted by Crippen LogP contribution is -2.41. The first-order valence-electron chi connectivity index (χ1n) is 7.95. The van der Waals surface area contributed by atoms with Gasteiger partial charge in [0.1, 0.15) is 0 Å². The van der Waals surface area contributed by atoms with E-state index in [1.807, 2.05) is 13.8 Å². The molecule has 21 heavy (non-hydrogen) atoms. The average molecular weight is 295 g/mol. The van der Waals surface area contributed by atoms with Gasteiger partial charge in [0.15, 0.2) is 0 Å². The van der Waals surface area contributed by atoms with Crippen molar-refractivity contribution in [3.63, 3.8) is 0 Å². The second-order valence-electron chi connectivity index (χ2n) is 6.87. The van der Waals surface area contributed by atoms with Crippen LogP contribution in [0.2, 0.25) is 0 Å². The van der Waals surface area contributed by atoms with Gasteiger partial charge in [-0.05, 0) is 18.8 Å². The summed E-state index contributed by atoms with van der Waals surface area (Å²) in [5.41, 5.74) is -0.534. The maximum Gasteiger partial charge on any atom is 0.308 e. The summed E-state index contributed by atoms with van der Waals surface area (Å²) in [5, 5.41) is 9.27. The van der Waals surface area contributed by atoms with Crippen molar-refractivity contribution in [3.8, 4) is 0 Å². The van der Waals surface area contributed by atoms with Crippen LogP contribution in [-0.4, -0.2) is 34.3 Å². The zero-order valence-electron chi connectivity index (χ0n) is 12.9. The van der Waals surface area contributed by atoms with Crippen LogP contribution in [0.4, 0.5) is 0 Å². The molecule has 2 aliphatic rings.